The molecular formula is C17H29NO2S. The molecule has 21 heavy (non-hydrogen) atoms. The average molecular weight is 311 g/mol. The van der Waals surface area contributed by atoms with Crippen LogP contribution in [-0.2, 0) is 15.4 Å². The van der Waals surface area contributed by atoms with Gasteiger partial charge in [0.2, 0.25) is 10.0 Å². The first-order valence-corrected chi connectivity index (χ1v) is 8.90. The van der Waals surface area contributed by atoms with Crippen LogP contribution < -0.4 is 0 Å². The fourth-order valence-corrected chi connectivity index (χ4v) is 4.76. The van der Waals surface area contributed by atoms with E-state index in [1.165, 1.54) is 0 Å². The van der Waals surface area contributed by atoms with Crippen LogP contribution in [0.25, 0.3) is 0 Å². The van der Waals surface area contributed by atoms with E-state index in [0.717, 1.165) is 11.1 Å². The van der Waals surface area contributed by atoms with E-state index in [4.69, 9.17) is 0 Å². The molecule has 3 nitrogen and oxygen atoms in total. The molecule has 120 valence electrons. The summed E-state index contributed by atoms with van der Waals surface area (Å²) in [5.41, 5.74) is 1.31. The first-order valence-electron chi connectivity index (χ1n) is 7.46. The van der Waals surface area contributed by atoms with Crippen LogP contribution in [0.2, 0.25) is 0 Å². The van der Waals surface area contributed by atoms with Crippen molar-refractivity contribution in [2.75, 3.05) is 6.54 Å². The zero-order valence-electron chi connectivity index (χ0n) is 14.6. The molecule has 0 spiro atoms. The predicted molar refractivity (Wildman–Crippen MR) is 89.2 cm³/mol. The van der Waals surface area contributed by atoms with Crippen molar-refractivity contribution in [3.8, 4) is 0 Å². The summed E-state index contributed by atoms with van der Waals surface area (Å²) in [4.78, 5) is 0.428. The SMILES string of the molecule is CCN(C(C)(C)C)S(=O)(=O)c1ccc(C)cc1C(C)(C)C. The van der Waals surface area contributed by atoms with Crippen molar-refractivity contribution < 1.29 is 8.42 Å². The second-order valence-electron chi connectivity index (χ2n) is 7.59. The van der Waals surface area contributed by atoms with Gasteiger partial charge in [-0.3, -0.25) is 0 Å². The average Bonchev–Trinajstić information content (AvgIpc) is 2.25. The van der Waals surface area contributed by atoms with Crippen LogP contribution in [0.4, 0.5) is 0 Å². The molecule has 0 radical (unpaired) electrons. The smallest absolute Gasteiger partial charge is 0.207 e. The van der Waals surface area contributed by atoms with Gasteiger partial charge >= 0.3 is 0 Å². The molecule has 0 aliphatic heterocycles. The fourth-order valence-electron chi connectivity index (χ4n) is 2.58. The van der Waals surface area contributed by atoms with Crippen molar-refractivity contribution in [1.29, 1.82) is 0 Å². The highest BCUT2D eigenvalue weighted by Gasteiger charge is 2.35. The Hall–Kier alpha value is -0.870. The maximum absolute atomic E-state index is 13.1. The quantitative estimate of drug-likeness (QED) is 0.842. The van der Waals surface area contributed by atoms with Crippen LogP contribution in [-0.4, -0.2) is 24.8 Å². The Morgan fingerprint density at radius 3 is 1.95 bits per heavy atom. The molecule has 0 saturated carbocycles. The monoisotopic (exact) mass is 311 g/mol. The van der Waals surface area contributed by atoms with Crippen molar-refractivity contribution in [3.63, 3.8) is 0 Å². The topological polar surface area (TPSA) is 37.4 Å². The molecule has 0 unspecified atom stereocenters. The molecule has 0 atom stereocenters. The lowest BCUT2D eigenvalue weighted by atomic mass is 9.86. The number of benzene rings is 1. The third-order valence-electron chi connectivity index (χ3n) is 3.55. The van der Waals surface area contributed by atoms with Gasteiger partial charge in [-0.15, -0.1) is 0 Å². The molecule has 1 aromatic carbocycles. The molecule has 0 aliphatic carbocycles. The molecule has 1 aromatic rings. The van der Waals surface area contributed by atoms with Gasteiger partial charge in [0, 0.05) is 12.1 Å². The highest BCUT2D eigenvalue weighted by Crippen LogP contribution is 2.33. The summed E-state index contributed by atoms with van der Waals surface area (Å²) in [5, 5.41) is 0. The Labute approximate surface area is 130 Å². The minimum atomic E-state index is -3.51. The maximum atomic E-state index is 13.1. The predicted octanol–water partition coefficient (Wildman–Crippen LogP) is 4.10. The van der Waals surface area contributed by atoms with E-state index in [2.05, 4.69) is 0 Å². The van der Waals surface area contributed by atoms with Gasteiger partial charge in [0.25, 0.3) is 0 Å². The van der Waals surface area contributed by atoms with Gasteiger partial charge in [-0.1, -0.05) is 45.4 Å². The summed E-state index contributed by atoms with van der Waals surface area (Å²) in [6, 6.07) is 5.61. The number of nitrogens with zero attached hydrogens (tertiary/aromatic N) is 1. The van der Waals surface area contributed by atoms with Crippen molar-refractivity contribution in [2.45, 2.75) is 71.2 Å². The molecular weight excluding hydrogens is 282 g/mol. The Bertz CT molecular complexity index is 605. The third-order valence-corrected chi connectivity index (χ3v) is 5.84. The van der Waals surface area contributed by atoms with Crippen LogP contribution in [0.1, 0.15) is 59.6 Å². The molecule has 4 heteroatoms. The van der Waals surface area contributed by atoms with E-state index < -0.39 is 15.6 Å². The molecule has 0 fully saturated rings. The second-order valence-corrected chi connectivity index (χ2v) is 9.42. The lowest BCUT2D eigenvalue weighted by Gasteiger charge is -2.35. The van der Waals surface area contributed by atoms with E-state index in [1.54, 1.807) is 10.4 Å². The molecule has 0 aromatic heterocycles. The zero-order chi connectivity index (χ0) is 16.6. The standard InChI is InChI=1S/C17H29NO2S/c1-9-18(17(6,7)8)21(19,20)15-11-10-13(2)12-14(15)16(3,4)5/h10-12H,9H2,1-8H3. The normalized spacial score (nSPS) is 13.8. The molecule has 0 heterocycles. The summed E-state index contributed by atoms with van der Waals surface area (Å²) in [5.74, 6) is 0. The van der Waals surface area contributed by atoms with Gasteiger partial charge in [0.1, 0.15) is 0 Å². The lowest BCUT2D eigenvalue weighted by Crippen LogP contribution is -2.45. The lowest BCUT2D eigenvalue weighted by molar-refractivity contribution is 0.259. The number of rotatable bonds is 3. The van der Waals surface area contributed by atoms with Crippen LogP contribution in [0, 0.1) is 6.92 Å². The zero-order valence-corrected chi connectivity index (χ0v) is 15.4. The molecule has 0 amide bonds. The van der Waals surface area contributed by atoms with Gasteiger partial charge < -0.3 is 0 Å². The molecule has 0 aliphatic rings. The Morgan fingerprint density at radius 1 is 1.05 bits per heavy atom. The molecule has 0 bridgehead atoms. The van der Waals surface area contributed by atoms with Crippen molar-refractivity contribution in [1.82, 2.24) is 4.31 Å². The summed E-state index contributed by atoms with van der Waals surface area (Å²) < 4.78 is 27.8. The first kappa shape index (κ1) is 18.2. The van der Waals surface area contributed by atoms with Gasteiger partial charge in [-0.2, -0.15) is 4.31 Å². The molecule has 0 N–H and O–H groups in total. The van der Waals surface area contributed by atoms with Crippen LogP contribution in [0.5, 0.6) is 0 Å². The minimum Gasteiger partial charge on any atom is -0.207 e. The van der Waals surface area contributed by atoms with Crippen molar-refractivity contribution >= 4 is 10.0 Å². The van der Waals surface area contributed by atoms with Gasteiger partial charge in [0.15, 0.2) is 0 Å². The Kier molecular flexibility index (Phi) is 4.96. The van der Waals surface area contributed by atoms with Gasteiger partial charge in [0.05, 0.1) is 4.90 Å². The Morgan fingerprint density at radius 2 is 1.57 bits per heavy atom. The van der Waals surface area contributed by atoms with E-state index >= 15 is 0 Å². The number of aryl methyl sites for hydroxylation is 1. The molecule has 1 rings (SSSR count). The van der Waals surface area contributed by atoms with Gasteiger partial charge in [-0.25, -0.2) is 8.42 Å². The Balaban J connectivity index is 3.60. The number of hydrogen-bond donors (Lipinski definition) is 0. The summed E-state index contributed by atoms with van der Waals surface area (Å²) in [6.45, 7) is 16.3. The van der Waals surface area contributed by atoms with Crippen LogP contribution in [0.3, 0.4) is 0 Å². The minimum absolute atomic E-state index is 0.217. The largest absolute Gasteiger partial charge is 0.243 e. The maximum Gasteiger partial charge on any atom is 0.243 e. The fraction of sp³-hybridized carbons (Fsp3) is 0.647. The number of sulfonamides is 1. The van der Waals surface area contributed by atoms with E-state index in [9.17, 15) is 8.42 Å². The highest BCUT2D eigenvalue weighted by atomic mass is 32.2. The number of hydrogen-bond acceptors (Lipinski definition) is 2. The van der Waals surface area contributed by atoms with E-state index in [-0.39, 0.29) is 5.41 Å². The first-order chi connectivity index (χ1) is 9.31. The summed E-state index contributed by atoms with van der Waals surface area (Å²) in [7, 11) is -3.51. The second kappa shape index (κ2) is 5.73. The van der Waals surface area contributed by atoms with Crippen LogP contribution >= 0.6 is 0 Å². The summed E-state index contributed by atoms with van der Waals surface area (Å²) >= 11 is 0. The van der Waals surface area contributed by atoms with Crippen LogP contribution in [0.15, 0.2) is 23.1 Å². The van der Waals surface area contributed by atoms with Crippen molar-refractivity contribution in [2.24, 2.45) is 0 Å². The summed E-state index contributed by atoms with van der Waals surface area (Å²) in [6.07, 6.45) is 0. The van der Waals surface area contributed by atoms with Crippen molar-refractivity contribution in [3.05, 3.63) is 29.3 Å². The van der Waals surface area contributed by atoms with E-state index in [0.29, 0.717) is 11.4 Å². The highest BCUT2D eigenvalue weighted by molar-refractivity contribution is 7.89. The molecule has 0 saturated heterocycles. The van der Waals surface area contributed by atoms with E-state index in [1.807, 2.05) is 67.5 Å². The third kappa shape index (κ3) is 3.86. The van der Waals surface area contributed by atoms with Gasteiger partial charge in [-0.05, 0) is 44.7 Å².